The van der Waals surface area contributed by atoms with Crippen LogP contribution in [0.15, 0.2) is 24.3 Å². The van der Waals surface area contributed by atoms with Gasteiger partial charge in [0.05, 0.1) is 6.61 Å². The van der Waals surface area contributed by atoms with Crippen molar-refractivity contribution >= 4 is 5.78 Å². The minimum absolute atomic E-state index is 0.0260. The van der Waals surface area contributed by atoms with Crippen LogP contribution in [-0.2, 0) is 6.61 Å². The van der Waals surface area contributed by atoms with Crippen molar-refractivity contribution in [1.29, 1.82) is 0 Å². The molecule has 0 spiro atoms. The Morgan fingerprint density at radius 2 is 1.91 bits per heavy atom. The summed E-state index contributed by atoms with van der Waals surface area (Å²) in [5.41, 5.74) is 1.51. The zero-order valence-corrected chi connectivity index (χ0v) is 6.37. The van der Waals surface area contributed by atoms with Crippen molar-refractivity contribution in [2.24, 2.45) is 0 Å². The van der Waals surface area contributed by atoms with Crippen LogP contribution in [0.5, 0.6) is 0 Å². The third kappa shape index (κ3) is 1.88. The first kappa shape index (κ1) is 7.95. The summed E-state index contributed by atoms with van der Waals surface area (Å²) in [6.45, 7) is 1.55. The smallest absolute Gasteiger partial charge is 0.159 e. The van der Waals surface area contributed by atoms with Gasteiger partial charge in [-0.25, -0.2) is 0 Å². The number of carbonyl (C=O) groups excluding carboxylic acids is 1. The Kier molecular flexibility index (Phi) is 2.39. The van der Waals surface area contributed by atoms with Gasteiger partial charge in [-0.2, -0.15) is 0 Å². The number of hydrogen-bond acceptors (Lipinski definition) is 2. The monoisotopic (exact) mass is 150 g/mol. The van der Waals surface area contributed by atoms with E-state index in [-0.39, 0.29) is 12.4 Å². The number of aliphatic hydroxyl groups is 1. The molecule has 0 radical (unpaired) electrons. The van der Waals surface area contributed by atoms with E-state index in [2.05, 4.69) is 0 Å². The highest BCUT2D eigenvalue weighted by Crippen LogP contribution is 2.04. The van der Waals surface area contributed by atoms with Crippen molar-refractivity contribution < 1.29 is 9.90 Å². The normalized spacial score (nSPS) is 9.64. The van der Waals surface area contributed by atoms with Crippen molar-refractivity contribution in [3.05, 3.63) is 35.4 Å². The molecule has 0 aromatic heterocycles. The van der Waals surface area contributed by atoms with E-state index in [9.17, 15) is 4.79 Å². The van der Waals surface area contributed by atoms with E-state index < -0.39 is 0 Å². The van der Waals surface area contributed by atoms with Crippen LogP contribution in [0.25, 0.3) is 0 Å². The summed E-state index contributed by atoms with van der Waals surface area (Å²) in [4.78, 5) is 10.8. The topological polar surface area (TPSA) is 37.3 Å². The van der Waals surface area contributed by atoms with E-state index in [4.69, 9.17) is 5.11 Å². The lowest BCUT2D eigenvalue weighted by Gasteiger charge is -1.96. The van der Waals surface area contributed by atoms with Gasteiger partial charge in [0.2, 0.25) is 0 Å². The minimum Gasteiger partial charge on any atom is -0.392 e. The fraction of sp³-hybridized carbons (Fsp3) is 0.222. The number of aliphatic hydroxyl groups excluding tert-OH is 1. The van der Waals surface area contributed by atoms with Gasteiger partial charge < -0.3 is 5.11 Å². The molecule has 2 nitrogen and oxygen atoms in total. The third-order valence-corrected chi connectivity index (χ3v) is 1.54. The van der Waals surface area contributed by atoms with Crippen LogP contribution < -0.4 is 0 Å². The molecule has 0 saturated carbocycles. The molecule has 0 heterocycles. The van der Waals surface area contributed by atoms with Gasteiger partial charge >= 0.3 is 0 Å². The zero-order chi connectivity index (χ0) is 8.27. The molecule has 0 atom stereocenters. The van der Waals surface area contributed by atoms with Gasteiger partial charge in [0, 0.05) is 5.56 Å². The van der Waals surface area contributed by atoms with Gasteiger partial charge in [0.15, 0.2) is 5.78 Å². The van der Waals surface area contributed by atoms with Crippen molar-refractivity contribution in [3.8, 4) is 0 Å². The van der Waals surface area contributed by atoms with Gasteiger partial charge in [-0.3, -0.25) is 4.79 Å². The third-order valence-electron chi connectivity index (χ3n) is 1.54. The Balaban J connectivity index is 2.91. The molecule has 58 valence electrons. The van der Waals surface area contributed by atoms with Crippen LogP contribution in [0.1, 0.15) is 22.8 Å². The molecule has 0 aliphatic carbocycles. The fourth-order valence-electron chi connectivity index (χ4n) is 0.845. The van der Waals surface area contributed by atoms with Gasteiger partial charge in [-0.15, -0.1) is 0 Å². The lowest BCUT2D eigenvalue weighted by atomic mass is 10.1. The summed E-state index contributed by atoms with van der Waals surface area (Å²) in [5, 5.41) is 8.68. The van der Waals surface area contributed by atoms with E-state index in [1.165, 1.54) is 6.92 Å². The largest absolute Gasteiger partial charge is 0.392 e. The average molecular weight is 150 g/mol. The number of ketones is 1. The molecule has 11 heavy (non-hydrogen) atoms. The van der Waals surface area contributed by atoms with Crippen LogP contribution in [-0.4, -0.2) is 10.9 Å². The molecule has 1 aromatic rings. The Morgan fingerprint density at radius 1 is 1.36 bits per heavy atom. The lowest BCUT2D eigenvalue weighted by molar-refractivity contribution is 0.101. The van der Waals surface area contributed by atoms with E-state index in [1.54, 1.807) is 24.3 Å². The van der Waals surface area contributed by atoms with Gasteiger partial charge in [-0.05, 0) is 12.5 Å². The maximum atomic E-state index is 10.8. The Hall–Kier alpha value is -1.15. The van der Waals surface area contributed by atoms with Crippen LogP contribution in [0.3, 0.4) is 0 Å². The van der Waals surface area contributed by atoms with Crippen molar-refractivity contribution in [1.82, 2.24) is 0 Å². The van der Waals surface area contributed by atoms with Crippen LogP contribution in [0.2, 0.25) is 0 Å². The summed E-state index contributed by atoms with van der Waals surface area (Å²) in [6, 6.07) is 6.93. The Morgan fingerprint density at radius 3 is 2.27 bits per heavy atom. The standard InChI is InChI=1S/C9H10O2/c1-7(11)9-4-2-8(6-10)3-5-9/h2-5,10H,6H2,1H3. The Labute approximate surface area is 65.5 Å². The highest BCUT2D eigenvalue weighted by atomic mass is 16.3. The molecular weight excluding hydrogens is 140 g/mol. The van der Waals surface area contributed by atoms with Crippen molar-refractivity contribution in [3.63, 3.8) is 0 Å². The summed E-state index contributed by atoms with van der Waals surface area (Å²) >= 11 is 0. The van der Waals surface area contributed by atoms with Crippen LogP contribution in [0, 0.1) is 0 Å². The number of Topliss-reactive ketones (excluding diaryl/α,β-unsaturated/α-hetero) is 1. The highest BCUT2D eigenvalue weighted by molar-refractivity contribution is 5.93. The minimum atomic E-state index is 0.0260. The van der Waals surface area contributed by atoms with Gasteiger partial charge in [0.25, 0.3) is 0 Å². The molecule has 0 aliphatic heterocycles. The second-order valence-electron chi connectivity index (χ2n) is 2.41. The SMILES string of the molecule is CC(=O)c1ccc(CO)cc1. The predicted molar refractivity (Wildman–Crippen MR) is 42.4 cm³/mol. The number of hydrogen-bond donors (Lipinski definition) is 1. The summed E-state index contributed by atoms with van der Waals surface area (Å²) < 4.78 is 0. The molecule has 0 saturated heterocycles. The van der Waals surface area contributed by atoms with Gasteiger partial charge in [0.1, 0.15) is 0 Å². The molecule has 1 rings (SSSR count). The van der Waals surface area contributed by atoms with E-state index in [0.717, 1.165) is 5.56 Å². The van der Waals surface area contributed by atoms with Crippen LogP contribution >= 0.6 is 0 Å². The first-order valence-electron chi connectivity index (χ1n) is 3.45. The lowest BCUT2D eigenvalue weighted by Crippen LogP contribution is -1.91. The van der Waals surface area contributed by atoms with E-state index in [0.29, 0.717) is 5.56 Å². The molecule has 0 fully saturated rings. The molecule has 1 aromatic carbocycles. The summed E-state index contributed by atoms with van der Waals surface area (Å²) in [5.74, 6) is 0.0505. The van der Waals surface area contributed by atoms with Crippen molar-refractivity contribution in [2.75, 3.05) is 0 Å². The maximum absolute atomic E-state index is 10.8. The zero-order valence-electron chi connectivity index (χ0n) is 6.37. The van der Waals surface area contributed by atoms with E-state index in [1.807, 2.05) is 0 Å². The Bertz CT molecular complexity index is 249. The number of rotatable bonds is 2. The van der Waals surface area contributed by atoms with E-state index >= 15 is 0 Å². The maximum Gasteiger partial charge on any atom is 0.159 e. The van der Waals surface area contributed by atoms with Crippen LogP contribution in [0.4, 0.5) is 0 Å². The second-order valence-corrected chi connectivity index (χ2v) is 2.41. The summed E-state index contributed by atoms with van der Waals surface area (Å²) in [6.07, 6.45) is 0. The first-order valence-corrected chi connectivity index (χ1v) is 3.45. The average Bonchev–Trinajstić information content (AvgIpc) is 2.05. The highest BCUT2D eigenvalue weighted by Gasteiger charge is 1.96. The predicted octanol–water partition coefficient (Wildman–Crippen LogP) is 1.38. The number of benzene rings is 1. The van der Waals surface area contributed by atoms with Gasteiger partial charge in [-0.1, -0.05) is 24.3 Å². The molecule has 0 bridgehead atoms. The number of carbonyl (C=O) groups is 1. The molecule has 0 aliphatic rings. The molecular formula is C9H10O2. The fourth-order valence-corrected chi connectivity index (χ4v) is 0.845. The molecule has 0 unspecified atom stereocenters. The molecule has 2 heteroatoms. The first-order chi connectivity index (χ1) is 5.24. The summed E-state index contributed by atoms with van der Waals surface area (Å²) in [7, 11) is 0. The quantitative estimate of drug-likeness (QED) is 0.647. The molecule has 1 N–H and O–H groups in total. The molecule has 0 amide bonds. The van der Waals surface area contributed by atoms with Crippen molar-refractivity contribution in [2.45, 2.75) is 13.5 Å². The second kappa shape index (κ2) is 3.30.